The first kappa shape index (κ1) is 26.6. The molecule has 4 rings (SSSR count). The van der Waals surface area contributed by atoms with Crippen LogP contribution in [0.3, 0.4) is 0 Å². The minimum absolute atomic E-state index is 0.0741. The summed E-state index contributed by atoms with van der Waals surface area (Å²) in [6.45, 7) is 1.38. The van der Waals surface area contributed by atoms with Crippen LogP contribution < -0.4 is 10.2 Å². The van der Waals surface area contributed by atoms with Gasteiger partial charge in [0.15, 0.2) is 6.61 Å². The van der Waals surface area contributed by atoms with Gasteiger partial charge in [0, 0.05) is 5.69 Å². The molecule has 4 atom stereocenters. The van der Waals surface area contributed by atoms with Crippen LogP contribution in [0.5, 0.6) is 0 Å². The van der Waals surface area contributed by atoms with E-state index in [9.17, 15) is 24.0 Å². The third-order valence-electron chi connectivity index (χ3n) is 6.27. The average Bonchev–Trinajstić information content (AvgIpc) is 3.12. The number of rotatable bonds is 7. The third kappa shape index (κ3) is 5.78. The van der Waals surface area contributed by atoms with E-state index in [1.807, 2.05) is 0 Å². The Bertz CT molecular complexity index is 1210. The van der Waals surface area contributed by atoms with Crippen molar-refractivity contribution in [1.82, 2.24) is 0 Å². The number of ether oxygens (including phenoxy) is 2. The molecule has 194 valence electrons. The van der Waals surface area contributed by atoms with Crippen molar-refractivity contribution in [3.8, 4) is 0 Å². The largest absolute Gasteiger partial charge is 0.462 e. The number of fused-ring (bicyclic) bond motifs is 1. The summed E-state index contributed by atoms with van der Waals surface area (Å²) in [5.41, 5.74) is 1.06. The maximum Gasteiger partial charge on any atom is 0.338 e. The molecule has 2 aromatic carbocycles. The summed E-state index contributed by atoms with van der Waals surface area (Å²) >= 11 is 12.4. The number of benzene rings is 2. The number of hydrogen-bond donors (Lipinski definition) is 1. The average molecular weight is 547 g/mol. The number of hydrogen-bond acceptors (Lipinski definition) is 7. The lowest BCUT2D eigenvalue weighted by atomic mass is 9.80. The minimum Gasteiger partial charge on any atom is -0.462 e. The predicted molar refractivity (Wildman–Crippen MR) is 136 cm³/mol. The number of amides is 3. The van der Waals surface area contributed by atoms with E-state index in [1.54, 1.807) is 13.0 Å². The van der Waals surface area contributed by atoms with Gasteiger partial charge in [-0.3, -0.25) is 19.3 Å². The maximum absolute atomic E-state index is 13.0. The van der Waals surface area contributed by atoms with Crippen molar-refractivity contribution >= 4 is 64.2 Å². The van der Waals surface area contributed by atoms with Crippen LogP contribution in [0.15, 0.2) is 48.5 Å². The highest BCUT2D eigenvalue weighted by molar-refractivity contribution is 6.31. The van der Waals surface area contributed by atoms with Crippen molar-refractivity contribution in [2.24, 2.45) is 11.8 Å². The maximum atomic E-state index is 13.0. The van der Waals surface area contributed by atoms with E-state index < -0.39 is 47.0 Å². The summed E-state index contributed by atoms with van der Waals surface area (Å²) in [5.74, 6) is -3.70. The normalized spacial score (nSPS) is 22.8. The van der Waals surface area contributed by atoms with E-state index in [1.165, 1.54) is 42.5 Å². The lowest BCUT2D eigenvalue weighted by Crippen LogP contribution is -2.34. The number of carbonyl (C=O) groups excluding carboxylic acids is 5. The Hall–Kier alpha value is -3.43. The van der Waals surface area contributed by atoms with Crippen LogP contribution >= 0.6 is 23.2 Å². The van der Waals surface area contributed by atoms with Crippen molar-refractivity contribution in [3.05, 3.63) is 59.7 Å². The Labute approximate surface area is 223 Å². The number of imide groups is 1. The Morgan fingerprint density at radius 3 is 2.08 bits per heavy atom. The Morgan fingerprint density at radius 1 is 0.892 bits per heavy atom. The molecule has 9 nitrogen and oxygen atoms in total. The molecule has 2 fully saturated rings. The van der Waals surface area contributed by atoms with E-state index in [-0.39, 0.29) is 29.7 Å². The quantitative estimate of drug-likeness (QED) is 0.319. The Kier molecular flexibility index (Phi) is 8.14. The molecule has 0 bridgehead atoms. The van der Waals surface area contributed by atoms with Crippen LogP contribution in [-0.4, -0.2) is 53.6 Å². The molecular weight excluding hydrogens is 523 g/mol. The summed E-state index contributed by atoms with van der Waals surface area (Å²) in [4.78, 5) is 63.5. The number of alkyl halides is 2. The summed E-state index contributed by atoms with van der Waals surface area (Å²) in [5, 5.41) is 1.76. The number of halogens is 2. The fourth-order valence-corrected chi connectivity index (χ4v) is 5.03. The molecule has 1 heterocycles. The van der Waals surface area contributed by atoms with Crippen molar-refractivity contribution in [3.63, 3.8) is 0 Å². The standard InChI is InChI=1S/C26H24Cl2N2O7/c1-2-36-25(34)14-6-8-16(9-7-14)29-22(31)13-37-26(35)15-4-3-5-17(10-15)30-23(32)18-11-20(27)21(28)12-19(18)24(30)33/h3-10,18-21H,2,11-13H2,1H3,(H,29,31)/t18-,19+,20-,21-/m0/s1. The van der Waals surface area contributed by atoms with E-state index in [0.29, 0.717) is 24.1 Å². The molecule has 3 amide bonds. The number of nitrogens with zero attached hydrogens (tertiary/aromatic N) is 1. The molecule has 2 aliphatic rings. The molecule has 0 unspecified atom stereocenters. The van der Waals surface area contributed by atoms with Gasteiger partial charge in [0.2, 0.25) is 11.8 Å². The molecule has 1 aliphatic heterocycles. The molecular formula is C26H24Cl2N2O7. The van der Waals surface area contributed by atoms with Crippen LogP contribution in [0.1, 0.15) is 40.5 Å². The van der Waals surface area contributed by atoms with Crippen molar-refractivity contribution < 1.29 is 33.4 Å². The van der Waals surface area contributed by atoms with Gasteiger partial charge in [-0.05, 0) is 62.2 Å². The third-order valence-corrected chi connectivity index (χ3v) is 7.36. The van der Waals surface area contributed by atoms with E-state index >= 15 is 0 Å². The van der Waals surface area contributed by atoms with E-state index in [2.05, 4.69) is 5.32 Å². The summed E-state index contributed by atoms with van der Waals surface area (Å²) in [6.07, 6.45) is 0.619. The molecule has 0 aromatic heterocycles. The van der Waals surface area contributed by atoms with Crippen LogP contribution in [0.4, 0.5) is 11.4 Å². The van der Waals surface area contributed by atoms with Gasteiger partial charge in [0.25, 0.3) is 5.91 Å². The highest BCUT2D eigenvalue weighted by atomic mass is 35.5. The van der Waals surface area contributed by atoms with Gasteiger partial charge in [-0.15, -0.1) is 23.2 Å². The zero-order valence-electron chi connectivity index (χ0n) is 19.8. The molecule has 1 saturated carbocycles. The van der Waals surface area contributed by atoms with Gasteiger partial charge in [0.1, 0.15) is 0 Å². The molecule has 1 N–H and O–H groups in total. The Balaban J connectivity index is 1.36. The van der Waals surface area contributed by atoms with Gasteiger partial charge < -0.3 is 14.8 Å². The summed E-state index contributed by atoms with van der Waals surface area (Å²) in [6, 6.07) is 12.0. The van der Waals surface area contributed by atoms with Gasteiger partial charge in [-0.2, -0.15) is 0 Å². The molecule has 2 aromatic rings. The summed E-state index contributed by atoms with van der Waals surface area (Å²) < 4.78 is 10.0. The van der Waals surface area contributed by atoms with Crippen LogP contribution in [0, 0.1) is 11.8 Å². The highest BCUT2D eigenvalue weighted by Gasteiger charge is 2.52. The van der Waals surface area contributed by atoms with Crippen LogP contribution in [0.25, 0.3) is 0 Å². The second-order valence-electron chi connectivity index (χ2n) is 8.70. The topological polar surface area (TPSA) is 119 Å². The molecule has 37 heavy (non-hydrogen) atoms. The zero-order valence-corrected chi connectivity index (χ0v) is 21.3. The molecule has 1 saturated heterocycles. The van der Waals surface area contributed by atoms with Crippen molar-refractivity contribution in [2.75, 3.05) is 23.4 Å². The fraction of sp³-hybridized carbons (Fsp3) is 0.346. The molecule has 0 spiro atoms. The fourth-order valence-electron chi connectivity index (χ4n) is 4.44. The first-order chi connectivity index (χ1) is 17.7. The van der Waals surface area contributed by atoms with E-state index in [4.69, 9.17) is 32.7 Å². The minimum atomic E-state index is -0.798. The first-order valence-electron chi connectivity index (χ1n) is 11.7. The van der Waals surface area contributed by atoms with Crippen molar-refractivity contribution in [1.29, 1.82) is 0 Å². The predicted octanol–water partition coefficient (Wildman–Crippen LogP) is 3.77. The first-order valence-corrected chi connectivity index (χ1v) is 12.6. The van der Waals surface area contributed by atoms with Crippen LogP contribution in [-0.2, 0) is 23.9 Å². The zero-order chi connectivity index (χ0) is 26.7. The number of anilines is 2. The monoisotopic (exact) mass is 546 g/mol. The van der Waals surface area contributed by atoms with Gasteiger partial charge in [-0.1, -0.05) is 6.07 Å². The van der Waals surface area contributed by atoms with Crippen molar-refractivity contribution in [2.45, 2.75) is 30.5 Å². The molecule has 1 aliphatic carbocycles. The second-order valence-corrected chi connectivity index (χ2v) is 9.82. The molecule has 11 heteroatoms. The summed E-state index contributed by atoms with van der Waals surface area (Å²) in [7, 11) is 0. The van der Waals surface area contributed by atoms with Crippen LogP contribution in [0.2, 0.25) is 0 Å². The van der Waals surface area contributed by atoms with Gasteiger partial charge in [-0.25, -0.2) is 9.59 Å². The molecule has 0 radical (unpaired) electrons. The lowest BCUT2D eigenvalue weighted by Gasteiger charge is -2.28. The number of carbonyl (C=O) groups is 5. The lowest BCUT2D eigenvalue weighted by molar-refractivity contribution is -0.122. The smallest absolute Gasteiger partial charge is 0.338 e. The van der Waals surface area contributed by atoms with E-state index in [0.717, 1.165) is 4.90 Å². The second kappa shape index (κ2) is 11.3. The Morgan fingerprint density at radius 2 is 1.49 bits per heavy atom. The van der Waals surface area contributed by atoms with Gasteiger partial charge >= 0.3 is 11.9 Å². The van der Waals surface area contributed by atoms with Gasteiger partial charge in [0.05, 0.1) is 46.0 Å². The number of nitrogens with one attached hydrogen (secondary N) is 1. The SMILES string of the molecule is CCOC(=O)c1ccc(NC(=O)COC(=O)c2cccc(N3C(=O)[C@H]4C[C@H](Cl)[C@@H](Cl)C[C@H]4C3=O)c2)cc1. The highest BCUT2D eigenvalue weighted by Crippen LogP contribution is 2.43. The number of esters is 2.